The van der Waals surface area contributed by atoms with E-state index in [9.17, 15) is 19.5 Å². The van der Waals surface area contributed by atoms with Crippen molar-refractivity contribution in [2.75, 3.05) is 19.1 Å². The number of ether oxygens (including phenoxy) is 2. The van der Waals surface area contributed by atoms with E-state index in [1.165, 1.54) is 20.3 Å². The summed E-state index contributed by atoms with van der Waals surface area (Å²) in [6, 6.07) is 11.3. The van der Waals surface area contributed by atoms with Gasteiger partial charge in [-0.1, -0.05) is 12.1 Å². The largest absolute Gasteiger partial charge is 0.497 e. The van der Waals surface area contributed by atoms with Crippen molar-refractivity contribution in [3.63, 3.8) is 0 Å². The zero-order chi connectivity index (χ0) is 19.6. The third kappa shape index (κ3) is 3.61. The third-order valence-electron chi connectivity index (χ3n) is 4.12. The van der Waals surface area contributed by atoms with Crippen molar-refractivity contribution in [3.8, 4) is 11.5 Å². The lowest BCUT2D eigenvalue weighted by molar-refractivity contribution is -0.121. The fourth-order valence-corrected chi connectivity index (χ4v) is 4.00. The fraction of sp³-hybridized carbons (Fsp3) is 0.211. The van der Waals surface area contributed by atoms with Crippen LogP contribution in [0.1, 0.15) is 16.8 Å². The number of carbonyl (C=O) groups is 3. The highest BCUT2D eigenvalue weighted by Gasteiger charge is 2.41. The molecule has 7 nitrogen and oxygen atoms in total. The molecule has 0 aliphatic carbocycles. The molecule has 1 fully saturated rings. The SMILES string of the molecule is COc1ccc(OC)c(N2C(=O)C[C@H](Sc3ccccc3C(=O)O)C2=O)c1. The number of hydrogen-bond acceptors (Lipinski definition) is 6. The molecule has 2 aromatic rings. The average Bonchev–Trinajstić information content (AvgIpc) is 2.94. The summed E-state index contributed by atoms with van der Waals surface area (Å²) in [6.45, 7) is 0. The second kappa shape index (κ2) is 7.71. The summed E-state index contributed by atoms with van der Waals surface area (Å²) in [4.78, 5) is 38.3. The van der Waals surface area contributed by atoms with Crippen molar-refractivity contribution in [2.45, 2.75) is 16.6 Å². The predicted molar refractivity (Wildman–Crippen MR) is 99.7 cm³/mol. The molecular formula is C19H17NO6S. The number of nitrogens with zero attached hydrogens (tertiary/aromatic N) is 1. The van der Waals surface area contributed by atoms with Crippen LogP contribution in [0.5, 0.6) is 11.5 Å². The first-order valence-electron chi connectivity index (χ1n) is 8.04. The molecule has 27 heavy (non-hydrogen) atoms. The number of carboxylic acid groups (broad SMARTS) is 1. The van der Waals surface area contributed by atoms with E-state index in [0.717, 1.165) is 16.7 Å². The molecule has 2 aromatic carbocycles. The Hall–Kier alpha value is -3.00. The lowest BCUT2D eigenvalue weighted by Crippen LogP contribution is -2.31. The van der Waals surface area contributed by atoms with Crippen LogP contribution in [0.4, 0.5) is 5.69 Å². The minimum atomic E-state index is -1.08. The summed E-state index contributed by atoms with van der Waals surface area (Å²) < 4.78 is 10.4. The van der Waals surface area contributed by atoms with Crippen molar-refractivity contribution in [2.24, 2.45) is 0 Å². The summed E-state index contributed by atoms with van der Waals surface area (Å²) >= 11 is 1.07. The summed E-state index contributed by atoms with van der Waals surface area (Å²) in [5, 5.41) is 8.59. The Morgan fingerprint density at radius 2 is 1.89 bits per heavy atom. The van der Waals surface area contributed by atoms with Gasteiger partial charge < -0.3 is 14.6 Å². The highest BCUT2D eigenvalue weighted by Crippen LogP contribution is 2.39. The normalized spacial score (nSPS) is 16.5. The monoisotopic (exact) mass is 387 g/mol. The van der Waals surface area contributed by atoms with E-state index in [-0.39, 0.29) is 17.9 Å². The molecule has 0 aromatic heterocycles. The summed E-state index contributed by atoms with van der Waals surface area (Å²) in [7, 11) is 2.94. The molecule has 1 heterocycles. The van der Waals surface area contributed by atoms with Gasteiger partial charge in [0.25, 0.3) is 0 Å². The van der Waals surface area contributed by atoms with Gasteiger partial charge in [0, 0.05) is 17.4 Å². The Kier molecular flexibility index (Phi) is 5.36. The van der Waals surface area contributed by atoms with E-state index >= 15 is 0 Å². The third-order valence-corrected chi connectivity index (χ3v) is 5.38. The maximum atomic E-state index is 12.9. The van der Waals surface area contributed by atoms with Gasteiger partial charge in [-0.3, -0.25) is 9.59 Å². The van der Waals surface area contributed by atoms with Crippen molar-refractivity contribution >= 4 is 35.2 Å². The molecule has 1 atom stereocenters. The van der Waals surface area contributed by atoms with Crippen LogP contribution in [-0.2, 0) is 9.59 Å². The second-order valence-electron chi connectivity index (χ2n) is 5.72. The molecule has 0 radical (unpaired) electrons. The molecule has 0 spiro atoms. The predicted octanol–water partition coefficient (Wildman–Crippen LogP) is 2.83. The number of amides is 2. The Bertz CT molecular complexity index is 913. The number of rotatable bonds is 6. The molecular weight excluding hydrogens is 370 g/mol. The van der Waals surface area contributed by atoms with Crippen molar-refractivity contribution in [1.29, 1.82) is 0 Å². The first-order valence-corrected chi connectivity index (χ1v) is 8.92. The van der Waals surface area contributed by atoms with Crippen LogP contribution < -0.4 is 14.4 Å². The Labute approximate surface area is 159 Å². The van der Waals surface area contributed by atoms with E-state index in [0.29, 0.717) is 22.1 Å². The minimum absolute atomic E-state index is 0.0299. The van der Waals surface area contributed by atoms with Gasteiger partial charge in [-0.2, -0.15) is 0 Å². The number of benzene rings is 2. The molecule has 0 saturated carbocycles. The van der Waals surface area contributed by atoms with Crippen molar-refractivity contribution in [3.05, 3.63) is 48.0 Å². The van der Waals surface area contributed by atoms with Crippen LogP contribution in [0.25, 0.3) is 0 Å². The average molecular weight is 387 g/mol. The highest BCUT2D eigenvalue weighted by atomic mass is 32.2. The highest BCUT2D eigenvalue weighted by molar-refractivity contribution is 8.00. The summed E-state index contributed by atoms with van der Waals surface area (Å²) in [5.74, 6) is -1.03. The number of methoxy groups -OCH3 is 2. The van der Waals surface area contributed by atoms with E-state index in [2.05, 4.69) is 0 Å². The van der Waals surface area contributed by atoms with Gasteiger partial charge in [0.15, 0.2) is 0 Å². The number of anilines is 1. The number of aromatic carboxylic acids is 1. The van der Waals surface area contributed by atoms with Crippen LogP contribution in [0.2, 0.25) is 0 Å². The maximum Gasteiger partial charge on any atom is 0.336 e. The fourth-order valence-electron chi connectivity index (χ4n) is 2.82. The van der Waals surface area contributed by atoms with E-state index in [4.69, 9.17) is 9.47 Å². The van der Waals surface area contributed by atoms with Crippen LogP contribution >= 0.6 is 11.8 Å². The number of hydrogen-bond donors (Lipinski definition) is 1. The van der Waals surface area contributed by atoms with Crippen molar-refractivity contribution in [1.82, 2.24) is 0 Å². The van der Waals surface area contributed by atoms with Gasteiger partial charge >= 0.3 is 5.97 Å². The Morgan fingerprint density at radius 3 is 2.56 bits per heavy atom. The molecule has 2 amide bonds. The van der Waals surface area contributed by atoms with Gasteiger partial charge in [-0.25, -0.2) is 9.69 Å². The van der Waals surface area contributed by atoms with Crippen molar-refractivity contribution < 1.29 is 29.0 Å². The quantitative estimate of drug-likeness (QED) is 0.762. The van der Waals surface area contributed by atoms with Crippen LogP contribution in [-0.4, -0.2) is 42.4 Å². The van der Waals surface area contributed by atoms with Gasteiger partial charge in [-0.05, 0) is 24.3 Å². The minimum Gasteiger partial charge on any atom is -0.497 e. The topological polar surface area (TPSA) is 93.1 Å². The Morgan fingerprint density at radius 1 is 1.15 bits per heavy atom. The smallest absolute Gasteiger partial charge is 0.336 e. The molecule has 8 heteroatoms. The van der Waals surface area contributed by atoms with Gasteiger partial charge in [0.05, 0.1) is 30.7 Å². The van der Waals surface area contributed by atoms with E-state index in [1.807, 2.05) is 0 Å². The molecule has 1 N–H and O–H groups in total. The molecule has 1 aliphatic rings. The van der Waals surface area contributed by atoms with Gasteiger partial charge in [-0.15, -0.1) is 11.8 Å². The van der Waals surface area contributed by atoms with Gasteiger partial charge in [0.1, 0.15) is 11.5 Å². The number of carboxylic acids is 1. The van der Waals surface area contributed by atoms with Gasteiger partial charge in [0.2, 0.25) is 11.8 Å². The standard InChI is InChI=1S/C19H17NO6S/c1-25-11-7-8-14(26-2)13(9-11)20-17(21)10-16(18(20)22)27-15-6-4-3-5-12(15)19(23)24/h3-9,16H,10H2,1-2H3,(H,23,24)/t16-/m0/s1. The zero-order valence-corrected chi connectivity index (χ0v) is 15.5. The molecule has 1 saturated heterocycles. The van der Waals surface area contributed by atoms with Crippen LogP contribution in [0.3, 0.4) is 0 Å². The maximum absolute atomic E-state index is 12.9. The number of imide groups is 1. The first-order chi connectivity index (χ1) is 13.0. The number of carbonyl (C=O) groups excluding carboxylic acids is 2. The summed E-state index contributed by atoms with van der Waals surface area (Å²) in [5.41, 5.74) is 0.404. The first kappa shape index (κ1) is 18.8. The number of thioether (sulfide) groups is 1. The molecule has 3 rings (SSSR count). The molecule has 0 unspecified atom stereocenters. The van der Waals surface area contributed by atoms with E-state index < -0.39 is 17.1 Å². The lowest BCUT2D eigenvalue weighted by atomic mass is 10.2. The molecule has 0 bridgehead atoms. The zero-order valence-electron chi connectivity index (χ0n) is 14.7. The molecule has 1 aliphatic heterocycles. The molecule has 140 valence electrons. The summed E-state index contributed by atoms with van der Waals surface area (Å²) in [6.07, 6.45) is -0.0299. The van der Waals surface area contributed by atoms with E-state index in [1.54, 1.807) is 36.4 Å². The van der Waals surface area contributed by atoms with Crippen LogP contribution in [0.15, 0.2) is 47.4 Å². The lowest BCUT2D eigenvalue weighted by Gasteiger charge is -2.19. The Balaban J connectivity index is 1.92. The van der Waals surface area contributed by atoms with Crippen LogP contribution in [0, 0.1) is 0 Å². The second-order valence-corrected chi connectivity index (χ2v) is 6.96.